The molecule has 1 aromatic carbocycles. The van der Waals surface area contributed by atoms with E-state index in [1.54, 1.807) is 6.07 Å². The molecular weight excluding hydrogens is 167 g/mol. The van der Waals surface area contributed by atoms with Gasteiger partial charge in [0, 0.05) is 4.90 Å². The van der Waals surface area contributed by atoms with E-state index >= 15 is 0 Å². The Morgan fingerprint density at radius 1 is 1.42 bits per heavy atom. The molecule has 0 fully saturated rings. The fraction of sp³-hybridized carbons (Fsp3) is 0.333. The third-order valence-corrected chi connectivity index (χ3v) is 1.73. The summed E-state index contributed by atoms with van der Waals surface area (Å²) in [5.74, 6) is 0.677. The van der Waals surface area contributed by atoms with E-state index < -0.39 is 0 Å². The summed E-state index contributed by atoms with van der Waals surface area (Å²) in [5.41, 5.74) is 0.635. The van der Waals surface area contributed by atoms with Gasteiger partial charge in [-0.25, -0.2) is 0 Å². The molecule has 0 aliphatic heterocycles. The van der Waals surface area contributed by atoms with Crippen LogP contribution in [0.3, 0.4) is 0 Å². The van der Waals surface area contributed by atoms with Gasteiger partial charge in [0.15, 0.2) is 0 Å². The largest absolute Gasteiger partial charge is 0.490 e. The lowest BCUT2D eigenvalue weighted by Crippen LogP contribution is -2.14. The van der Waals surface area contributed by atoms with E-state index in [1.165, 1.54) is 0 Å². The van der Waals surface area contributed by atoms with E-state index in [4.69, 9.17) is 12.6 Å². The van der Waals surface area contributed by atoms with Crippen LogP contribution in [0.1, 0.15) is 13.8 Å². The van der Waals surface area contributed by atoms with Crippen LogP contribution in [0.5, 0.6) is 5.75 Å². The standard InChI is InChI=1S/C9H11BOS/c1-6(2)11-9-7(10)4-3-5-8(9)12/h3-6,12H,1-2H3. The molecule has 0 bridgehead atoms. The average Bonchev–Trinajstić information content (AvgIpc) is 1.97. The fourth-order valence-electron chi connectivity index (χ4n) is 0.906. The maximum absolute atomic E-state index is 5.70. The molecule has 1 rings (SSSR count). The number of benzene rings is 1. The Morgan fingerprint density at radius 2 is 2.08 bits per heavy atom. The van der Waals surface area contributed by atoms with Gasteiger partial charge in [0.2, 0.25) is 0 Å². The van der Waals surface area contributed by atoms with Crippen LogP contribution >= 0.6 is 12.6 Å². The molecule has 0 heterocycles. The molecule has 2 radical (unpaired) electrons. The second kappa shape index (κ2) is 3.90. The lowest BCUT2D eigenvalue weighted by atomic mass is 9.95. The van der Waals surface area contributed by atoms with Crippen molar-refractivity contribution < 1.29 is 4.74 Å². The maximum Gasteiger partial charge on any atom is 0.125 e. The smallest absolute Gasteiger partial charge is 0.125 e. The molecule has 62 valence electrons. The van der Waals surface area contributed by atoms with Crippen LogP contribution in [0.2, 0.25) is 0 Å². The lowest BCUT2D eigenvalue weighted by molar-refractivity contribution is 0.239. The van der Waals surface area contributed by atoms with E-state index in [-0.39, 0.29) is 6.10 Å². The maximum atomic E-state index is 5.70. The first kappa shape index (κ1) is 9.52. The number of thiol groups is 1. The molecule has 0 amide bonds. The molecule has 0 saturated heterocycles. The van der Waals surface area contributed by atoms with Crippen molar-refractivity contribution in [1.29, 1.82) is 0 Å². The van der Waals surface area contributed by atoms with Gasteiger partial charge in [-0.1, -0.05) is 17.6 Å². The number of hydrogen-bond donors (Lipinski definition) is 1. The van der Waals surface area contributed by atoms with Crippen molar-refractivity contribution >= 4 is 25.9 Å². The Balaban J connectivity index is 2.96. The first-order valence-corrected chi connectivity index (χ1v) is 4.30. The van der Waals surface area contributed by atoms with Crippen molar-refractivity contribution in [3.8, 4) is 5.75 Å². The molecule has 1 aromatic rings. The Labute approximate surface area is 79.9 Å². The highest BCUT2D eigenvalue weighted by molar-refractivity contribution is 7.80. The molecule has 0 saturated carbocycles. The van der Waals surface area contributed by atoms with Gasteiger partial charge in [0.1, 0.15) is 13.6 Å². The van der Waals surface area contributed by atoms with E-state index in [1.807, 2.05) is 26.0 Å². The summed E-state index contributed by atoms with van der Waals surface area (Å²) in [6, 6.07) is 5.51. The van der Waals surface area contributed by atoms with Crippen LogP contribution in [0.15, 0.2) is 23.1 Å². The summed E-state index contributed by atoms with van der Waals surface area (Å²) in [7, 11) is 5.70. The van der Waals surface area contributed by atoms with Crippen LogP contribution in [0.25, 0.3) is 0 Å². The van der Waals surface area contributed by atoms with Gasteiger partial charge in [-0.3, -0.25) is 0 Å². The van der Waals surface area contributed by atoms with E-state index in [0.29, 0.717) is 11.2 Å². The lowest BCUT2D eigenvalue weighted by Gasteiger charge is -2.14. The Morgan fingerprint density at radius 3 is 2.58 bits per heavy atom. The van der Waals surface area contributed by atoms with Crippen LogP contribution < -0.4 is 10.2 Å². The second-order valence-corrected chi connectivity index (χ2v) is 3.34. The van der Waals surface area contributed by atoms with Crippen molar-refractivity contribution in [3.63, 3.8) is 0 Å². The first-order valence-electron chi connectivity index (χ1n) is 3.85. The van der Waals surface area contributed by atoms with Crippen molar-refractivity contribution in [2.75, 3.05) is 0 Å². The zero-order chi connectivity index (χ0) is 9.14. The Hall–Kier alpha value is -0.565. The summed E-state index contributed by atoms with van der Waals surface area (Å²) in [5, 5.41) is 0. The molecule has 0 aliphatic carbocycles. The summed E-state index contributed by atoms with van der Waals surface area (Å²) in [6.07, 6.45) is 0.126. The average molecular weight is 178 g/mol. The SMILES string of the molecule is [B]c1cccc(S)c1OC(C)C. The van der Waals surface area contributed by atoms with Crippen molar-refractivity contribution in [2.45, 2.75) is 24.8 Å². The predicted octanol–water partition coefficient (Wildman–Crippen LogP) is 1.56. The number of rotatable bonds is 2. The molecular formula is C9H11BOS. The summed E-state index contributed by atoms with van der Waals surface area (Å²) in [6.45, 7) is 3.92. The Kier molecular flexibility index (Phi) is 3.09. The highest BCUT2D eigenvalue weighted by Gasteiger charge is 2.04. The topological polar surface area (TPSA) is 9.23 Å². The minimum atomic E-state index is 0.126. The minimum Gasteiger partial charge on any atom is -0.490 e. The Bertz CT molecular complexity index is 253. The third kappa shape index (κ3) is 2.21. The molecule has 0 atom stereocenters. The summed E-state index contributed by atoms with van der Waals surface area (Å²) < 4.78 is 5.47. The predicted molar refractivity (Wildman–Crippen MR) is 54.8 cm³/mol. The third-order valence-electron chi connectivity index (χ3n) is 1.38. The van der Waals surface area contributed by atoms with Crippen molar-refractivity contribution in [2.24, 2.45) is 0 Å². The minimum absolute atomic E-state index is 0.126. The number of para-hydroxylation sites is 1. The van der Waals surface area contributed by atoms with Crippen LogP contribution in [-0.4, -0.2) is 14.0 Å². The number of ether oxygens (including phenoxy) is 1. The van der Waals surface area contributed by atoms with Gasteiger partial charge >= 0.3 is 0 Å². The second-order valence-electron chi connectivity index (χ2n) is 2.86. The van der Waals surface area contributed by atoms with Crippen LogP contribution in [-0.2, 0) is 0 Å². The van der Waals surface area contributed by atoms with E-state index in [9.17, 15) is 0 Å². The molecule has 0 aromatic heterocycles. The highest BCUT2D eigenvalue weighted by atomic mass is 32.1. The summed E-state index contributed by atoms with van der Waals surface area (Å²) in [4.78, 5) is 0.781. The van der Waals surface area contributed by atoms with Crippen LogP contribution in [0, 0.1) is 0 Å². The van der Waals surface area contributed by atoms with Gasteiger partial charge in [-0.15, -0.1) is 12.6 Å². The molecule has 12 heavy (non-hydrogen) atoms. The van der Waals surface area contributed by atoms with Gasteiger partial charge < -0.3 is 4.74 Å². The molecule has 0 aliphatic rings. The van der Waals surface area contributed by atoms with Gasteiger partial charge in [0.25, 0.3) is 0 Å². The van der Waals surface area contributed by atoms with Gasteiger partial charge in [-0.2, -0.15) is 0 Å². The van der Waals surface area contributed by atoms with Crippen LogP contribution in [0.4, 0.5) is 0 Å². The quantitative estimate of drug-likeness (QED) is 0.534. The van der Waals surface area contributed by atoms with E-state index in [2.05, 4.69) is 12.6 Å². The molecule has 1 nitrogen and oxygen atoms in total. The number of hydrogen-bond acceptors (Lipinski definition) is 2. The van der Waals surface area contributed by atoms with Gasteiger partial charge in [-0.05, 0) is 19.9 Å². The van der Waals surface area contributed by atoms with E-state index in [0.717, 1.165) is 4.90 Å². The highest BCUT2D eigenvalue weighted by Crippen LogP contribution is 2.19. The molecule has 0 spiro atoms. The summed E-state index contributed by atoms with van der Waals surface area (Å²) >= 11 is 4.24. The molecule has 3 heteroatoms. The van der Waals surface area contributed by atoms with Crippen molar-refractivity contribution in [3.05, 3.63) is 18.2 Å². The monoisotopic (exact) mass is 178 g/mol. The fourth-order valence-corrected chi connectivity index (χ4v) is 1.17. The molecule has 0 N–H and O–H groups in total. The zero-order valence-corrected chi connectivity index (χ0v) is 8.14. The zero-order valence-electron chi connectivity index (χ0n) is 7.24. The van der Waals surface area contributed by atoms with Gasteiger partial charge in [0.05, 0.1) is 6.10 Å². The first-order chi connectivity index (χ1) is 5.61. The molecule has 0 unspecified atom stereocenters. The van der Waals surface area contributed by atoms with Crippen molar-refractivity contribution in [1.82, 2.24) is 0 Å². The normalized spacial score (nSPS) is 10.3.